The third-order valence-electron chi connectivity index (χ3n) is 3.72. The zero-order chi connectivity index (χ0) is 19.4. The Morgan fingerprint density at radius 3 is 2.63 bits per heavy atom. The highest BCUT2D eigenvalue weighted by Gasteiger charge is 2.12. The molecular formula is C18H17N5O3S. The fourth-order valence-electron chi connectivity index (χ4n) is 2.28. The molecular weight excluding hydrogens is 366 g/mol. The van der Waals surface area contributed by atoms with Crippen LogP contribution in [-0.2, 0) is 4.79 Å². The molecule has 0 radical (unpaired) electrons. The highest BCUT2D eigenvalue weighted by atomic mass is 32.1. The van der Waals surface area contributed by atoms with Crippen LogP contribution in [-0.4, -0.2) is 34.2 Å². The summed E-state index contributed by atoms with van der Waals surface area (Å²) in [4.78, 5) is 42.2. The quantitative estimate of drug-likeness (QED) is 0.518. The van der Waals surface area contributed by atoms with Gasteiger partial charge in [-0.1, -0.05) is 17.7 Å². The summed E-state index contributed by atoms with van der Waals surface area (Å²) in [6.07, 6.45) is 1.61. The third-order valence-corrected chi connectivity index (χ3v) is 4.48. The van der Waals surface area contributed by atoms with E-state index in [-0.39, 0.29) is 24.1 Å². The molecule has 8 nitrogen and oxygen atoms in total. The van der Waals surface area contributed by atoms with Crippen molar-refractivity contribution in [2.45, 2.75) is 6.92 Å². The number of thiazole rings is 1. The van der Waals surface area contributed by atoms with Crippen molar-refractivity contribution in [1.29, 1.82) is 0 Å². The second-order valence-corrected chi connectivity index (χ2v) is 6.66. The molecule has 9 heteroatoms. The van der Waals surface area contributed by atoms with Gasteiger partial charge in [0.1, 0.15) is 5.69 Å². The molecule has 3 amide bonds. The fraction of sp³-hybridized carbons (Fsp3) is 0.111. The number of carbonyl (C=O) groups is 3. The van der Waals surface area contributed by atoms with E-state index < -0.39 is 5.91 Å². The molecule has 0 saturated carbocycles. The number of carbonyl (C=O) groups excluding carboxylic acids is 3. The van der Waals surface area contributed by atoms with Crippen LogP contribution >= 0.6 is 11.3 Å². The Morgan fingerprint density at radius 1 is 1.22 bits per heavy atom. The number of rotatable bonds is 6. The van der Waals surface area contributed by atoms with Crippen LogP contribution in [0.15, 0.2) is 41.9 Å². The largest absolute Gasteiger partial charge is 0.364 e. The Hall–Kier alpha value is -3.46. The number of amides is 3. The predicted octanol–water partition coefficient (Wildman–Crippen LogP) is 1.91. The van der Waals surface area contributed by atoms with Crippen LogP contribution in [0.1, 0.15) is 26.4 Å². The molecule has 0 bridgehead atoms. The van der Waals surface area contributed by atoms with E-state index in [0.29, 0.717) is 22.0 Å². The molecule has 1 aromatic carbocycles. The van der Waals surface area contributed by atoms with E-state index in [1.165, 1.54) is 11.3 Å². The standard InChI is InChI=1S/C18H17N5O3S/c1-10-2-4-11(5-3-10)17(26)21-8-15(24)23-18-22-14(9-27-18)12-6-13(16(19)25)20-7-12/h2-7,9,20H,8H2,1H3,(H2,19,25)(H,21,26)(H,22,23,24). The van der Waals surface area contributed by atoms with Crippen LogP contribution < -0.4 is 16.4 Å². The molecule has 3 aromatic rings. The summed E-state index contributed by atoms with van der Waals surface area (Å²) >= 11 is 1.24. The number of anilines is 1. The van der Waals surface area contributed by atoms with Gasteiger partial charge in [-0.2, -0.15) is 0 Å². The van der Waals surface area contributed by atoms with Gasteiger partial charge in [0.05, 0.1) is 12.2 Å². The van der Waals surface area contributed by atoms with E-state index in [4.69, 9.17) is 5.73 Å². The number of nitrogens with one attached hydrogen (secondary N) is 3. The first-order valence-electron chi connectivity index (χ1n) is 8.01. The summed E-state index contributed by atoms with van der Waals surface area (Å²) in [6.45, 7) is 1.76. The zero-order valence-electron chi connectivity index (χ0n) is 14.4. The average molecular weight is 383 g/mol. The smallest absolute Gasteiger partial charge is 0.265 e. The van der Waals surface area contributed by atoms with E-state index in [2.05, 4.69) is 20.6 Å². The Balaban J connectivity index is 1.55. The lowest BCUT2D eigenvalue weighted by atomic mass is 10.1. The Bertz CT molecular complexity index is 991. The Morgan fingerprint density at radius 2 is 1.96 bits per heavy atom. The number of primary amides is 1. The van der Waals surface area contributed by atoms with Gasteiger partial charge in [-0.15, -0.1) is 11.3 Å². The Labute approximate surface area is 158 Å². The minimum Gasteiger partial charge on any atom is -0.364 e. The molecule has 0 aliphatic carbocycles. The number of nitrogens with zero attached hydrogens (tertiary/aromatic N) is 1. The molecule has 2 heterocycles. The molecule has 0 aliphatic rings. The number of hydrogen-bond acceptors (Lipinski definition) is 5. The van der Waals surface area contributed by atoms with Gasteiger partial charge in [-0.25, -0.2) is 4.98 Å². The van der Waals surface area contributed by atoms with Crippen molar-refractivity contribution in [2.24, 2.45) is 5.73 Å². The number of aromatic nitrogens is 2. The van der Waals surface area contributed by atoms with Crippen molar-refractivity contribution in [3.63, 3.8) is 0 Å². The lowest BCUT2D eigenvalue weighted by molar-refractivity contribution is -0.115. The summed E-state index contributed by atoms with van der Waals surface area (Å²) < 4.78 is 0. The van der Waals surface area contributed by atoms with Crippen LogP contribution in [0.3, 0.4) is 0 Å². The van der Waals surface area contributed by atoms with Crippen molar-refractivity contribution in [2.75, 3.05) is 11.9 Å². The van der Waals surface area contributed by atoms with E-state index in [0.717, 1.165) is 5.56 Å². The highest BCUT2D eigenvalue weighted by molar-refractivity contribution is 7.14. The van der Waals surface area contributed by atoms with E-state index in [1.807, 2.05) is 19.1 Å². The molecule has 0 spiro atoms. The molecule has 0 atom stereocenters. The highest BCUT2D eigenvalue weighted by Crippen LogP contribution is 2.25. The maximum atomic E-state index is 12.0. The molecule has 138 valence electrons. The second kappa shape index (κ2) is 7.83. The van der Waals surface area contributed by atoms with E-state index >= 15 is 0 Å². The summed E-state index contributed by atoms with van der Waals surface area (Å²) in [6, 6.07) is 8.65. The van der Waals surface area contributed by atoms with Crippen molar-refractivity contribution < 1.29 is 14.4 Å². The minimum absolute atomic E-state index is 0.169. The molecule has 5 N–H and O–H groups in total. The second-order valence-electron chi connectivity index (χ2n) is 5.80. The lowest BCUT2D eigenvalue weighted by Crippen LogP contribution is -2.32. The van der Waals surface area contributed by atoms with Crippen molar-refractivity contribution in [3.05, 3.63) is 58.7 Å². The third kappa shape index (κ3) is 4.59. The molecule has 27 heavy (non-hydrogen) atoms. The monoisotopic (exact) mass is 383 g/mol. The predicted molar refractivity (Wildman–Crippen MR) is 103 cm³/mol. The van der Waals surface area contributed by atoms with Gasteiger partial charge in [0.15, 0.2) is 5.13 Å². The van der Waals surface area contributed by atoms with Gasteiger partial charge in [0, 0.05) is 22.7 Å². The van der Waals surface area contributed by atoms with Gasteiger partial charge in [-0.05, 0) is 25.1 Å². The number of nitrogens with two attached hydrogens (primary N) is 1. The number of aryl methyl sites for hydroxylation is 1. The van der Waals surface area contributed by atoms with Crippen molar-refractivity contribution in [3.8, 4) is 11.3 Å². The van der Waals surface area contributed by atoms with Gasteiger partial charge in [0.25, 0.3) is 11.8 Å². The van der Waals surface area contributed by atoms with Gasteiger partial charge in [0.2, 0.25) is 5.91 Å². The molecule has 0 saturated heterocycles. The molecule has 3 rings (SSSR count). The van der Waals surface area contributed by atoms with Gasteiger partial charge >= 0.3 is 0 Å². The van der Waals surface area contributed by atoms with Crippen molar-refractivity contribution >= 4 is 34.2 Å². The summed E-state index contributed by atoms with van der Waals surface area (Å²) in [5, 5.41) is 7.33. The van der Waals surface area contributed by atoms with E-state index in [9.17, 15) is 14.4 Å². The summed E-state index contributed by atoms with van der Waals surface area (Å²) in [5.74, 6) is -1.27. The normalized spacial score (nSPS) is 10.4. The number of hydrogen-bond donors (Lipinski definition) is 4. The van der Waals surface area contributed by atoms with Crippen LogP contribution in [0.5, 0.6) is 0 Å². The van der Waals surface area contributed by atoms with E-state index in [1.54, 1.807) is 29.8 Å². The zero-order valence-corrected chi connectivity index (χ0v) is 15.2. The molecule has 0 fully saturated rings. The molecule has 0 unspecified atom stereocenters. The molecule has 2 aromatic heterocycles. The lowest BCUT2D eigenvalue weighted by Gasteiger charge is -2.05. The molecule has 0 aliphatic heterocycles. The average Bonchev–Trinajstić information content (AvgIpc) is 3.29. The maximum absolute atomic E-state index is 12.0. The van der Waals surface area contributed by atoms with Crippen molar-refractivity contribution in [1.82, 2.24) is 15.3 Å². The van der Waals surface area contributed by atoms with Gasteiger partial charge in [-0.3, -0.25) is 14.4 Å². The van der Waals surface area contributed by atoms with Gasteiger partial charge < -0.3 is 21.4 Å². The first-order valence-corrected chi connectivity index (χ1v) is 8.89. The van der Waals surface area contributed by atoms with Crippen LogP contribution in [0.2, 0.25) is 0 Å². The number of aromatic amines is 1. The minimum atomic E-state index is -0.561. The first-order chi connectivity index (χ1) is 12.9. The Kier molecular flexibility index (Phi) is 5.32. The first kappa shape index (κ1) is 18.3. The fourth-order valence-corrected chi connectivity index (χ4v) is 3.02. The topological polar surface area (TPSA) is 130 Å². The SMILES string of the molecule is Cc1ccc(C(=O)NCC(=O)Nc2nc(-c3c[nH]c(C(N)=O)c3)cs2)cc1. The summed E-state index contributed by atoms with van der Waals surface area (Å²) in [7, 11) is 0. The summed E-state index contributed by atoms with van der Waals surface area (Å²) in [5.41, 5.74) is 8.31. The maximum Gasteiger partial charge on any atom is 0.265 e. The van der Waals surface area contributed by atoms with Crippen LogP contribution in [0.25, 0.3) is 11.3 Å². The number of H-pyrrole nitrogens is 1. The van der Waals surface area contributed by atoms with Crippen LogP contribution in [0.4, 0.5) is 5.13 Å². The number of benzene rings is 1. The van der Waals surface area contributed by atoms with Crippen LogP contribution in [0, 0.1) is 6.92 Å².